The van der Waals surface area contributed by atoms with Crippen molar-refractivity contribution in [2.24, 2.45) is 5.92 Å². The zero-order valence-corrected chi connectivity index (χ0v) is 15.0. The molecule has 2 aromatic rings. The summed E-state index contributed by atoms with van der Waals surface area (Å²) in [4.78, 5) is 25.1. The Morgan fingerprint density at radius 2 is 2.16 bits per heavy atom. The number of hydrogen-bond acceptors (Lipinski definition) is 5. The molecule has 0 spiro atoms. The van der Waals surface area contributed by atoms with E-state index in [0.29, 0.717) is 6.42 Å². The van der Waals surface area contributed by atoms with Crippen LogP contribution in [0.3, 0.4) is 0 Å². The van der Waals surface area contributed by atoms with Crippen LogP contribution in [0.25, 0.3) is 5.57 Å². The summed E-state index contributed by atoms with van der Waals surface area (Å²) in [7, 11) is 1.62. The second kappa shape index (κ2) is 7.66. The first-order valence-corrected chi connectivity index (χ1v) is 9.16. The van der Waals surface area contributed by atoms with Crippen LogP contribution in [-0.2, 0) is 14.3 Å². The van der Waals surface area contributed by atoms with Crippen LogP contribution in [0.4, 0.5) is 0 Å². The highest BCUT2D eigenvalue weighted by atomic mass is 32.1. The Morgan fingerprint density at radius 1 is 1.32 bits per heavy atom. The maximum atomic E-state index is 12.7. The van der Waals surface area contributed by atoms with Crippen LogP contribution in [0.2, 0.25) is 0 Å². The van der Waals surface area contributed by atoms with E-state index >= 15 is 0 Å². The summed E-state index contributed by atoms with van der Waals surface area (Å²) in [6, 6.07) is 9.61. The topological polar surface area (TPSA) is 52.6 Å². The molecule has 1 aliphatic rings. The molecular formula is C20H20O4S. The summed E-state index contributed by atoms with van der Waals surface area (Å²) in [5, 5.41) is 3.96. The van der Waals surface area contributed by atoms with Crippen LogP contribution in [0.1, 0.15) is 30.4 Å². The maximum Gasteiger partial charge on any atom is 0.317 e. The molecule has 4 nitrogen and oxygen atoms in total. The van der Waals surface area contributed by atoms with Crippen LogP contribution in [0.5, 0.6) is 5.75 Å². The third kappa shape index (κ3) is 3.66. The van der Waals surface area contributed by atoms with Gasteiger partial charge in [0.25, 0.3) is 0 Å². The number of carbonyl (C=O) groups is 2. The smallest absolute Gasteiger partial charge is 0.317 e. The average Bonchev–Trinajstić information content (AvgIpc) is 3.15. The van der Waals surface area contributed by atoms with E-state index < -0.39 is 11.9 Å². The van der Waals surface area contributed by atoms with Gasteiger partial charge in [-0.2, -0.15) is 11.3 Å². The van der Waals surface area contributed by atoms with Crippen LogP contribution in [0.15, 0.2) is 47.2 Å². The summed E-state index contributed by atoms with van der Waals surface area (Å²) in [6.45, 7) is 2.02. The first-order valence-electron chi connectivity index (χ1n) is 8.21. The van der Waals surface area contributed by atoms with Gasteiger partial charge in [-0.05, 0) is 65.1 Å². The lowest BCUT2D eigenvalue weighted by Gasteiger charge is -2.28. The van der Waals surface area contributed by atoms with Gasteiger partial charge in [0.15, 0.2) is 5.78 Å². The zero-order valence-electron chi connectivity index (χ0n) is 14.2. The quantitative estimate of drug-likeness (QED) is 0.598. The number of rotatable bonds is 5. The largest absolute Gasteiger partial charge is 0.497 e. The van der Waals surface area contributed by atoms with Crippen LogP contribution in [0, 0.1) is 5.92 Å². The summed E-state index contributed by atoms with van der Waals surface area (Å²) in [5.41, 5.74) is 2.86. The van der Waals surface area contributed by atoms with E-state index in [4.69, 9.17) is 9.47 Å². The van der Waals surface area contributed by atoms with Crippen molar-refractivity contribution in [1.82, 2.24) is 0 Å². The van der Waals surface area contributed by atoms with Crippen molar-refractivity contribution in [3.05, 3.63) is 58.3 Å². The fraction of sp³-hybridized carbons (Fsp3) is 0.300. The lowest BCUT2D eigenvalue weighted by Crippen LogP contribution is -2.33. The number of esters is 1. The highest BCUT2D eigenvalue weighted by Gasteiger charge is 2.39. The Balaban J connectivity index is 1.99. The van der Waals surface area contributed by atoms with Gasteiger partial charge in [-0.3, -0.25) is 9.59 Å². The van der Waals surface area contributed by atoms with Crippen molar-refractivity contribution in [1.29, 1.82) is 0 Å². The van der Waals surface area contributed by atoms with Gasteiger partial charge >= 0.3 is 5.97 Å². The molecule has 1 heterocycles. The van der Waals surface area contributed by atoms with E-state index in [-0.39, 0.29) is 18.3 Å². The number of ether oxygens (including phenoxy) is 2. The second-order valence-corrected chi connectivity index (χ2v) is 6.68. The second-order valence-electron chi connectivity index (χ2n) is 5.90. The third-order valence-corrected chi connectivity index (χ3v) is 5.12. The van der Waals surface area contributed by atoms with Gasteiger partial charge in [0, 0.05) is 5.92 Å². The summed E-state index contributed by atoms with van der Waals surface area (Å²) in [5.74, 6) is -0.873. The molecule has 130 valence electrons. The van der Waals surface area contributed by atoms with E-state index in [1.807, 2.05) is 41.1 Å². The van der Waals surface area contributed by atoms with Gasteiger partial charge in [0.2, 0.25) is 0 Å². The number of ketones is 1. The minimum absolute atomic E-state index is 0.196. The standard InChI is InChI=1S/C20H20O4S/c1-3-24-20(22)19-17(14-7-8-25-12-14)10-15(11-18(19)21)13-5-4-6-16(9-13)23-2/h4-9,11-12,17,19H,3,10H2,1-2H3/t17-,19-/m0/s1. The molecule has 0 bridgehead atoms. The van der Waals surface area contributed by atoms with Crippen molar-refractivity contribution >= 4 is 28.7 Å². The number of hydrogen-bond donors (Lipinski definition) is 0. The summed E-state index contributed by atoms with van der Waals surface area (Å²) >= 11 is 1.56. The van der Waals surface area contributed by atoms with Crippen molar-refractivity contribution < 1.29 is 19.1 Å². The molecule has 0 saturated heterocycles. The van der Waals surface area contributed by atoms with Crippen molar-refractivity contribution in [3.63, 3.8) is 0 Å². The van der Waals surface area contributed by atoms with Crippen LogP contribution >= 0.6 is 11.3 Å². The number of methoxy groups -OCH3 is 1. The molecule has 5 heteroatoms. The molecule has 0 fully saturated rings. The minimum atomic E-state index is -0.774. The normalized spacial score (nSPS) is 20.1. The Morgan fingerprint density at radius 3 is 2.84 bits per heavy atom. The number of allylic oxidation sites excluding steroid dienone is 2. The first-order chi connectivity index (χ1) is 12.1. The SMILES string of the molecule is CCOC(=O)[C@@H]1C(=O)C=C(c2cccc(OC)c2)C[C@H]1c1ccsc1. The molecule has 0 N–H and O–H groups in total. The predicted molar refractivity (Wildman–Crippen MR) is 97.8 cm³/mol. The summed E-state index contributed by atoms with van der Waals surface area (Å²) in [6.07, 6.45) is 2.19. The monoisotopic (exact) mass is 356 g/mol. The van der Waals surface area contributed by atoms with Crippen LogP contribution in [-0.4, -0.2) is 25.5 Å². The Bertz CT molecular complexity index is 792. The molecule has 3 rings (SSSR count). The van der Waals surface area contributed by atoms with Gasteiger partial charge < -0.3 is 9.47 Å². The van der Waals surface area contributed by atoms with Gasteiger partial charge in [-0.1, -0.05) is 12.1 Å². The lowest BCUT2D eigenvalue weighted by molar-refractivity contribution is -0.151. The van der Waals surface area contributed by atoms with Crippen molar-refractivity contribution in [2.75, 3.05) is 13.7 Å². The molecule has 0 saturated carbocycles. The van der Waals surface area contributed by atoms with E-state index in [0.717, 1.165) is 22.4 Å². The van der Waals surface area contributed by atoms with E-state index in [1.54, 1.807) is 31.4 Å². The van der Waals surface area contributed by atoms with Gasteiger partial charge in [-0.15, -0.1) is 0 Å². The average molecular weight is 356 g/mol. The predicted octanol–water partition coefficient (Wildman–Crippen LogP) is 4.08. The minimum Gasteiger partial charge on any atom is -0.497 e. The first kappa shape index (κ1) is 17.4. The Kier molecular flexibility index (Phi) is 5.34. The van der Waals surface area contributed by atoms with Gasteiger partial charge in [-0.25, -0.2) is 0 Å². The van der Waals surface area contributed by atoms with Gasteiger partial charge in [0.1, 0.15) is 11.7 Å². The third-order valence-electron chi connectivity index (χ3n) is 4.42. The fourth-order valence-electron chi connectivity index (χ4n) is 3.21. The highest BCUT2D eigenvalue weighted by molar-refractivity contribution is 7.08. The fourth-order valence-corrected chi connectivity index (χ4v) is 3.93. The molecule has 0 unspecified atom stereocenters. The summed E-state index contributed by atoms with van der Waals surface area (Å²) < 4.78 is 10.4. The van der Waals surface area contributed by atoms with Gasteiger partial charge in [0.05, 0.1) is 13.7 Å². The number of thiophene rings is 1. The highest BCUT2D eigenvalue weighted by Crippen LogP contribution is 2.41. The maximum absolute atomic E-state index is 12.7. The molecule has 1 aromatic carbocycles. The zero-order chi connectivity index (χ0) is 17.8. The van der Waals surface area contributed by atoms with E-state index in [1.165, 1.54) is 0 Å². The molecule has 1 aromatic heterocycles. The molecule has 0 amide bonds. The molecule has 25 heavy (non-hydrogen) atoms. The molecule has 0 radical (unpaired) electrons. The van der Waals surface area contributed by atoms with Crippen molar-refractivity contribution in [2.45, 2.75) is 19.3 Å². The lowest BCUT2D eigenvalue weighted by atomic mass is 9.74. The molecule has 2 atom stereocenters. The van der Waals surface area contributed by atoms with Crippen molar-refractivity contribution in [3.8, 4) is 5.75 Å². The number of benzene rings is 1. The number of carbonyl (C=O) groups excluding carboxylic acids is 2. The molecule has 0 aliphatic heterocycles. The Labute approximate surface area is 151 Å². The van der Waals surface area contributed by atoms with E-state index in [9.17, 15) is 9.59 Å². The molecular weight excluding hydrogens is 336 g/mol. The Hall–Kier alpha value is -2.40. The van der Waals surface area contributed by atoms with E-state index in [2.05, 4.69) is 0 Å². The van der Waals surface area contributed by atoms with Crippen LogP contribution < -0.4 is 4.74 Å². The molecule has 1 aliphatic carbocycles.